The van der Waals surface area contributed by atoms with Crippen LogP contribution in [0.4, 0.5) is 0 Å². The summed E-state index contributed by atoms with van der Waals surface area (Å²) >= 11 is 5.88. The molecule has 1 aliphatic rings. The minimum absolute atomic E-state index is 0.0656. The molecule has 0 fully saturated rings. The molecule has 3 rings (SSSR count). The summed E-state index contributed by atoms with van der Waals surface area (Å²) in [5.41, 5.74) is 3.03. The summed E-state index contributed by atoms with van der Waals surface area (Å²) < 4.78 is 0. The fraction of sp³-hybridized carbons (Fsp3) is 0.263. The molecule has 5 heteroatoms. The highest BCUT2D eigenvalue weighted by molar-refractivity contribution is 6.30. The van der Waals surface area contributed by atoms with Crippen LogP contribution in [0.2, 0.25) is 5.02 Å². The van der Waals surface area contributed by atoms with Gasteiger partial charge in [-0.05, 0) is 35.7 Å². The number of carbonyl (C=O) groups is 2. The lowest BCUT2D eigenvalue weighted by Gasteiger charge is -2.29. The van der Waals surface area contributed by atoms with Gasteiger partial charge in [-0.25, -0.2) is 0 Å². The molecule has 0 atom stereocenters. The molecule has 0 aliphatic carbocycles. The molecule has 1 aliphatic heterocycles. The molecule has 0 bridgehead atoms. The standard InChI is InChI=1S/C19H19ClN2O2/c20-17-7-3-6-15(12-17)19(24)21-10-8-18(23)22-11-9-14-4-1-2-5-16(14)13-22/h1-7,12H,8-11,13H2,(H,21,24). The van der Waals surface area contributed by atoms with Crippen molar-refractivity contribution in [3.8, 4) is 0 Å². The van der Waals surface area contributed by atoms with Crippen molar-refractivity contribution in [3.63, 3.8) is 0 Å². The number of benzene rings is 2. The van der Waals surface area contributed by atoms with Crippen LogP contribution in [0.5, 0.6) is 0 Å². The maximum atomic E-state index is 12.3. The van der Waals surface area contributed by atoms with Gasteiger partial charge in [0.05, 0.1) is 0 Å². The number of nitrogens with one attached hydrogen (secondary N) is 1. The summed E-state index contributed by atoms with van der Waals surface area (Å²) in [5, 5.41) is 3.29. The Morgan fingerprint density at radius 1 is 1.08 bits per heavy atom. The fourth-order valence-electron chi connectivity index (χ4n) is 2.88. The Morgan fingerprint density at radius 3 is 2.67 bits per heavy atom. The van der Waals surface area contributed by atoms with Gasteiger partial charge in [-0.1, -0.05) is 41.9 Å². The number of rotatable bonds is 4. The smallest absolute Gasteiger partial charge is 0.251 e. The van der Waals surface area contributed by atoms with Crippen molar-refractivity contribution in [2.45, 2.75) is 19.4 Å². The van der Waals surface area contributed by atoms with E-state index >= 15 is 0 Å². The van der Waals surface area contributed by atoms with E-state index in [1.165, 1.54) is 11.1 Å². The van der Waals surface area contributed by atoms with Gasteiger partial charge in [0.2, 0.25) is 5.91 Å². The van der Waals surface area contributed by atoms with E-state index in [1.54, 1.807) is 24.3 Å². The summed E-state index contributed by atoms with van der Waals surface area (Å²) in [6.07, 6.45) is 1.19. The first-order chi connectivity index (χ1) is 11.6. The number of halogens is 1. The van der Waals surface area contributed by atoms with E-state index < -0.39 is 0 Å². The zero-order chi connectivity index (χ0) is 16.9. The van der Waals surface area contributed by atoms with Gasteiger partial charge < -0.3 is 10.2 Å². The fourth-order valence-corrected chi connectivity index (χ4v) is 3.07. The minimum atomic E-state index is -0.214. The number of hydrogen-bond donors (Lipinski definition) is 1. The molecule has 0 aromatic heterocycles. The third kappa shape index (κ3) is 3.95. The number of carbonyl (C=O) groups excluding carboxylic acids is 2. The Bertz CT molecular complexity index is 761. The van der Waals surface area contributed by atoms with Crippen LogP contribution in [0.3, 0.4) is 0 Å². The summed E-state index contributed by atoms with van der Waals surface area (Å²) in [5.74, 6) is -0.148. The monoisotopic (exact) mass is 342 g/mol. The number of amides is 2. The van der Waals surface area contributed by atoms with Gasteiger partial charge in [0, 0.05) is 36.6 Å². The largest absolute Gasteiger partial charge is 0.352 e. The van der Waals surface area contributed by atoms with E-state index in [1.807, 2.05) is 17.0 Å². The maximum Gasteiger partial charge on any atom is 0.251 e. The van der Waals surface area contributed by atoms with E-state index in [2.05, 4.69) is 17.4 Å². The molecule has 124 valence electrons. The van der Waals surface area contributed by atoms with Crippen molar-refractivity contribution < 1.29 is 9.59 Å². The van der Waals surface area contributed by atoms with Crippen molar-refractivity contribution in [3.05, 3.63) is 70.2 Å². The van der Waals surface area contributed by atoms with E-state index in [-0.39, 0.29) is 11.8 Å². The average Bonchev–Trinajstić information content (AvgIpc) is 2.61. The Morgan fingerprint density at radius 2 is 1.88 bits per heavy atom. The van der Waals surface area contributed by atoms with Gasteiger partial charge in [0.15, 0.2) is 0 Å². The highest BCUT2D eigenvalue weighted by Gasteiger charge is 2.20. The molecule has 0 spiro atoms. The van der Waals surface area contributed by atoms with E-state index in [0.717, 1.165) is 13.0 Å². The Hall–Kier alpha value is -2.33. The maximum absolute atomic E-state index is 12.3. The second-order valence-corrected chi connectivity index (χ2v) is 6.29. The van der Waals surface area contributed by atoms with Crippen molar-refractivity contribution in [1.29, 1.82) is 0 Å². The topological polar surface area (TPSA) is 49.4 Å². The molecule has 1 N–H and O–H groups in total. The molecule has 0 saturated heterocycles. The van der Waals surface area contributed by atoms with E-state index in [4.69, 9.17) is 11.6 Å². The Balaban J connectivity index is 1.49. The second kappa shape index (κ2) is 7.49. The van der Waals surface area contributed by atoms with Gasteiger partial charge in [-0.15, -0.1) is 0 Å². The van der Waals surface area contributed by atoms with Gasteiger partial charge in [0.1, 0.15) is 0 Å². The van der Waals surface area contributed by atoms with Crippen molar-refractivity contribution in [1.82, 2.24) is 10.2 Å². The van der Waals surface area contributed by atoms with Crippen LogP contribution in [0.25, 0.3) is 0 Å². The highest BCUT2D eigenvalue weighted by Crippen LogP contribution is 2.18. The predicted molar refractivity (Wildman–Crippen MR) is 94.0 cm³/mol. The van der Waals surface area contributed by atoms with Gasteiger partial charge in [-0.2, -0.15) is 0 Å². The van der Waals surface area contributed by atoms with Crippen LogP contribution >= 0.6 is 11.6 Å². The van der Waals surface area contributed by atoms with E-state index in [9.17, 15) is 9.59 Å². The van der Waals surface area contributed by atoms with Crippen molar-refractivity contribution in [2.75, 3.05) is 13.1 Å². The zero-order valence-corrected chi connectivity index (χ0v) is 14.1. The van der Waals surface area contributed by atoms with Crippen LogP contribution < -0.4 is 5.32 Å². The van der Waals surface area contributed by atoms with Crippen molar-refractivity contribution >= 4 is 23.4 Å². The zero-order valence-electron chi connectivity index (χ0n) is 13.3. The van der Waals surface area contributed by atoms with Crippen molar-refractivity contribution in [2.24, 2.45) is 0 Å². The number of nitrogens with zero attached hydrogens (tertiary/aromatic N) is 1. The van der Waals surface area contributed by atoms with Crippen LogP contribution in [-0.2, 0) is 17.8 Å². The number of fused-ring (bicyclic) bond motifs is 1. The summed E-state index contributed by atoms with van der Waals surface area (Å²) in [6, 6.07) is 15.0. The van der Waals surface area contributed by atoms with Gasteiger partial charge in [-0.3, -0.25) is 9.59 Å². The first-order valence-electron chi connectivity index (χ1n) is 8.02. The highest BCUT2D eigenvalue weighted by atomic mass is 35.5. The molecule has 24 heavy (non-hydrogen) atoms. The molecular formula is C19H19ClN2O2. The normalized spacial score (nSPS) is 13.3. The minimum Gasteiger partial charge on any atom is -0.352 e. The van der Waals surface area contributed by atoms with Gasteiger partial charge >= 0.3 is 0 Å². The van der Waals surface area contributed by atoms with Gasteiger partial charge in [0.25, 0.3) is 5.91 Å². The van der Waals surface area contributed by atoms with E-state index in [0.29, 0.717) is 30.1 Å². The number of hydrogen-bond acceptors (Lipinski definition) is 2. The molecule has 0 unspecified atom stereocenters. The van der Waals surface area contributed by atoms with Crippen LogP contribution in [0, 0.1) is 0 Å². The molecule has 2 amide bonds. The third-order valence-electron chi connectivity index (χ3n) is 4.19. The molecule has 4 nitrogen and oxygen atoms in total. The molecule has 1 heterocycles. The third-order valence-corrected chi connectivity index (χ3v) is 4.43. The lowest BCUT2D eigenvalue weighted by molar-refractivity contribution is -0.131. The molecule has 0 radical (unpaired) electrons. The van der Waals surface area contributed by atoms with Crippen LogP contribution in [0.1, 0.15) is 27.9 Å². The summed E-state index contributed by atoms with van der Waals surface area (Å²) in [4.78, 5) is 26.2. The first kappa shape index (κ1) is 16.5. The first-order valence-corrected chi connectivity index (χ1v) is 8.39. The molecular weight excluding hydrogens is 324 g/mol. The molecule has 2 aromatic rings. The average molecular weight is 343 g/mol. The predicted octanol–water partition coefficient (Wildman–Crippen LogP) is 3.04. The molecule has 0 saturated carbocycles. The lowest BCUT2D eigenvalue weighted by atomic mass is 10.00. The SMILES string of the molecule is O=C(NCCC(=O)N1CCc2ccccc2C1)c1cccc(Cl)c1. The quantitative estimate of drug-likeness (QED) is 0.928. The summed E-state index contributed by atoms with van der Waals surface area (Å²) in [7, 11) is 0. The Kier molecular flexibility index (Phi) is 5.16. The van der Waals surface area contributed by atoms with Crippen LogP contribution in [-0.4, -0.2) is 29.8 Å². The second-order valence-electron chi connectivity index (χ2n) is 5.85. The molecule has 2 aromatic carbocycles. The lowest BCUT2D eigenvalue weighted by Crippen LogP contribution is -2.38. The Labute approximate surface area is 146 Å². The van der Waals surface area contributed by atoms with Crippen LogP contribution in [0.15, 0.2) is 48.5 Å². The summed E-state index contributed by atoms with van der Waals surface area (Å²) in [6.45, 7) is 1.71.